The van der Waals surface area contributed by atoms with E-state index in [9.17, 15) is 5.11 Å². The van der Waals surface area contributed by atoms with Gasteiger partial charge in [0.05, 0.1) is 10.6 Å². The number of hydrogen-bond acceptors (Lipinski definition) is 2. The van der Waals surface area contributed by atoms with Crippen molar-refractivity contribution < 1.29 is 5.11 Å². The maximum absolute atomic E-state index is 10.5. The van der Waals surface area contributed by atoms with Gasteiger partial charge in [-0.3, -0.25) is 0 Å². The van der Waals surface area contributed by atoms with Gasteiger partial charge < -0.3 is 15.4 Å². The molecule has 3 nitrogen and oxygen atoms in total. The van der Waals surface area contributed by atoms with Gasteiger partial charge in [0.1, 0.15) is 0 Å². The van der Waals surface area contributed by atoms with Crippen molar-refractivity contribution in [3.63, 3.8) is 0 Å². The molecule has 1 saturated carbocycles. The summed E-state index contributed by atoms with van der Waals surface area (Å²) in [5, 5.41) is 15.6. The number of hydrogen-bond donors (Lipinski definition) is 3. The van der Waals surface area contributed by atoms with E-state index in [0.717, 1.165) is 47.3 Å². The van der Waals surface area contributed by atoms with Crippen LogP contribution in [0.15, 0.2) is 24.3 Å². The largest absolute Gasteiger partial charge is 0.389 e. The number of rotatable bonds is 4. The fourth-order valence-electron chi connectivity index (χ4n) is 3.09. The van der Waals surface area contributed by atoms with Gasteiger partial charge in [-0.1, -0.05) is 49.1 Å². The van der Waals surface area contributed by atoms with Crippen molar-refractivity contribution in [2.24, 2.45) is 0 Å². The van der Waals surface area contributed by atoms with Gasteiger partial charge in [-0.25, -0.2) is 0 Å². The Hall–Kier alpha value is -1.03. The van der Waals surface area contributed by atoms with Crippen molar-refractivity contribution >= 4 is 22.5 Å². The Morgan fingerprint density at radius 1 is 1.20 bits per heavy atom. The molecule has 108 valence electrons. The van der Waals surface area contributed by atoms with E-state index in [0.29, 0.717) is 13.1 Å². The van der Waals surface area contributed by atoms with Crippen molar-refractivity contribution in [3.8, 4) is 0 Å². The van der Waals surface area contributed by atoms with Crippen LogP contribution in [-0.2, 0) is 6.54 Å². The first-order chi connectivity index (χ1) is 9.68. The Morgan fingerprint density at radius 3 is 2.70 bits per heavy atom. The van der Waals surface area contributed by atoms with E-state index in [1.165, 1.54) is 6.42 Å². The lowest BCUT2D eigenvalue weighted by Crippen LogP contribution is -2.41. The summed E-state index contributed by atoms with van der Waals surface area (Å²) in [6.45, 7) is 1.30. The van der Waals surface area contributed by atoms with Crippen LogP contribution >= 0.6 is 11.6 Å². The van der Waals surface area contributed by atoms with Gasteiger partial charge in [0.2, 0.25) is 0 Å². The van der Waals surface area contributed by atoms with Gasteiger partial charge in [0, 0.05) is 29.7 Å². The first-order valence-electron chi connectivity index (χ1n) is 7.36. The summed E-state index contributed by atoms with van der Waals surface area (Å²) in [7, 11) is 0. The second-order valence-electron chi connectivity index (χ2n) is 5.85. The third-order valence-electron chi connectivity index (χ3n) is 4.25. The van der Waals surface area contributed by atoms with E-state index in [1.54, 1.807) is 0 Å². The molecule has 0 aliphatic heterocycles. The lowest BCUT2D eigenvalue weighted by molar-refractivity contribution is 0.00463. The van der Waals surface area contributed by atoms with Gasteiger partial charge in [-0.05, 0) is 18.9 Å². The summed E-state index contributed by atoms with van der Waals surface area (Å²) in [5.74, 6) is 0. The highest BCUT2D eigenvalue weighted by Crippen LogP contribution is 2.29. The first-order valence-corrected chi connectivity index (χ1v) is 7.74. The molecule has 0 radical (unpaired) electrons. The van der Waals surface area contributed by atoms with Crippen molar-refractivity contribution in [1.29, 1.82) is 0 Å². The molecule has 1 fully saturated rings. The number of halogens is 1. The fourth-order valence-corrected chi connectivity index (χ4v) is 3.37. The summed E-state index contributed by atoms with van der Waals surface area (Å²) in [6.07, 6.45) is 5.31. The second-order valence-corrected chi connectivity index (χ2v) is 6.23. The topological polar surface area (TPSA) is 48.0 Å². The summed E-state index contributed by atoms with van der Waals surface area (Å²) >= 11 is 6.38. The average molecular weight is 293 g/mol. The molecule has 0 bridgehead atoms. The molecule has 1 aromatic carbocycles. The number of fused-ring (bicyclic) bond motifs is 1. The number of aromatic nitrogens is 1. The Bertz CT molecular complexity index is 587. The maximum atomic E-state index is 10.5. The van der Waals surface area contributed by atoms with E-state index in [4.69, 9.17) is 11.6 Å². The molecular formula is C16H21ClN2O. The number of aliphatic hydroxyl groups is 1. The number of nitrogens with one attached hydrogen (secondary N) is 2. The predicted octanol–water partition coefficient (Wildman–Crippen LogP) is 3.61. The van der Waals surface area contributed by atoms with Crippen LogP contribution in [0.2, 0.25) is 5.02 Å². The van der Waals surface area contributed by atoms with Gasteiger partial charge in [-0.2, -0.15) is 0 Å². The van der Waals surface area contributed by atoms with Crippen LogP contribution in [0, 0.1) is 0 Å². The Balaban J connectivity index is 1.63. The maximum Gasteiger partial charge on any atom is 0.0771 e. The molecule has 0 unspecified atom stereocenters. The van der Waals surface area contributed by atoms with Crippen LogP contribution < -0.4 is 5.32 Å². The summed E-state index contributed by atoms with van der Waals surface area (Å²) in [4.78, 5) is 3.34. The molecule has 1 heterocycles. The molecular weight excluding hydrogens is 272 g/mol. The van der Waals surface area contributed by atoms with Gasteiger partial charge in [-0.15, -0.1) is 0 Å². The van der Waals surface area contributed by atoms with E-state index >= 15 is 0 Å². The normalized spacial score (nSPS) is 18.5. The quantitative estimate of drug-likeness (QED) is 0.806. The molecule has 0 saturated heterocycles. The molecule has 2 aromatic rings. The van der Waals surface area contributed by atoms with Crippen LogP contribution in [0.3, 0.4) is 0 Å². The van der Waals surface area contributed by atoms with Crippen LogP contribution in [0.5, 0.6) is 0 Å². The molecule has 0 atom stereocenters. The second kappa shape index (κ2) is 5.76. The van der Waals surface area contributed by atoms with Crippen LogP contribution in [0.4, 0.5) is 0 Å². The van der Waals surface area contributed by atoms with Gasteiger partial charge >= 0.3 is 0 Å². The number of aromatic amines is 1. The highest BCUT2D eigenvalue weighted by atomic mass is 35.5. The SMILES string of the molecule is OC1(CNCc2[nH]c3ccccc3c2Cl)CCCCC1. The molecule has 1 aliphatic rings. The van der Waals surface area contributed by atoms with Crippen LogP contribution in [-0.4, -0.2) is 22.2 Å². The number of benzene rings is 1. The monoisotopic (exact) mass is 292 g/mol. The zero-order valence-corrected chi connectivity index (χ0v) is 12.3. The molecule has 0 spiro atoms. The minimum absolute atomic E-state index is 0.531. The van der Waals surface area contributed by atoms with Gasteiger partial charge in [0.25, 0.3) is 0 Å². The van der Waals surface area contributed by atoms with E-state index < -0.39 is 5.60 Å². The Kier molecular flexibility index (Phi) is 4.01. The highest BCUT2D eigenvalue weighted by molar-refractivity contribution is 6.36. The van der Waals surface area contributed by atoms with Crippen molar-refractivity contribution in [3.05, 3.63) is 35.0 Å². The third-order valence-corrected chi connectivity index (χ3v) is 4.69. The van der Waals surface area contributed by atoms with Crippen molar-refractivity contribution in [1.82, 2.24) is 10.3 Å². The van der Waals surface area contributed by atoms with Crippen molar-refractivity contribution in [2.45, 2.75) is 44.2 Å². The first kappa shape index (κ1) is 13.9. The van der Waals surface area contributed by atoms with Crippen LogP contribution in [0.1, 0.15) is 37.8 Å². The minimum atomic E-state index is -0.531. The highest BCUT2D eigenvalue weighted by Gasteiger charge is 2.28. The van der Waals surface area contributed by atoms with E-state index in [1.807, 2.05) is 24.3 Å². The molecule has 1 aliphatic carbocycles. The van der Waals surface area contributed by atoms with E-state index in [2.05, 4.69) is 10.3 Å². The van der Waals surface area contributed by atoms with Crippen LogP contribution in [0.25, 0.3) is 10.9 Å². The zero-order valence-electron chi connectivity index (χ0n) is 11.6. The Morgan fingerprint density at radius 2 is 1.95 bits per heavy atom. The van der Waals surface area contributed by atoms with Gasteiger partial charge in [0.15, 0.2) is 0 Å². The number of para-hydroxylation sites is 1. The molecule has 3 N–H and O–H groups in total. The standard InChI is InChI=1S/C16H21ClN2O/c17-15-12-6-2-3-7-13(12)19-14(15)10-18-11-16(20)8-4-1-5-9-16/h2-3,6-7,18-20H,1,4-5,8-11H2. The summed E-state index contributed by atoms with van der Waals surface area (Å²) in [5.41, 5.74) is 1.52. The third kappa shape index (κ3) is 2.85. The van der Waals surface area contributed by atoms with E-state index in [-0.39, 0.29) is 0 Å². The molecule has 0 amide bonds. The zero-order chi connectivity index (χ0) is 14.0. The van der Waals surface area contributed by atoms with Crippen molar-refractivity contribution in [2.75, 3.05) is 6.54 Å². The molecule has 4 heteroatoms. The molecule has 3 rings (SSSR count). The lowest BCUT2D eigenvalue weighted by atomic mass is 9.85. The average Bonchev–Trinajstić information content (AvgIpc) is 2.77. The summed E-state index contributed by atoms with van der Waals surface area (Å²) in [6, 6.07) is 8.03. The molecule has 1 aromatic heterocycles. The predicted molar refractivity (Wildman–Crippen MR) is 83.1 cm³/mol. The smallest absolute Gasteiger partial charge is 0.0771 e. The Labute approximate surface area is 124 Å². The number of H-pyrrole nitrogens is 1. The minimum Gasteiger partial charge on any atom is -0.389 e. The molecule has 20 heavy (non-hydrogen) atoms. The lowest BCUT2D eigenvalue weighted by Gasteiger charge is -2.32. The summed E-state index contributed by atoms with van der Waals surface area (Å²) < 4.78 is 0. The fraction of sp³-hybridized carbons (Fsp3) is 0.500.